The summed E-state index contributed by atoms with van der Waals surface area (Å²) in [5, 5.41) is 0. The SMILES string of the molecule is CC(C)OC1=NC(c2ccccc2)OC1=O. The fraction of sp³-hybridized carbons (Fsp3) is 0.333. The predicted octanol–water partition coefficient (Wildman–Crippen LogP) is 2.07. The summed E-state index contributed by atoms with van der Waals surface area (Å²) in [5.74, 6) is -0.439. The van der Waals surface area contributed by atoms with Gasteiger partial charge < -0.3 is 9.47 Å². The van der Waals surface area contributed by atoms with Gasteiger partial charge in [-0.1, -0.05) is 30.3 Å². The van der Waals surface area contributed by atoms with Crippen molar-refractivity contribution < 1.29 is 14.3 Å². The van der Waals surface area contributed by atoms with Crippen molar-refractivity contribution in [2.24, 2.45) is 4.99 Å². The van der Waals surface area contributed by atoms with E-state index in [1.54, 1.807) is 0 Å². The number of carbonyl (C=O) groups is 1. The highest BCUT2D eigenvalue weighted by Gasteiger charge is 2.30. The Morgan fingerprint density at radius 1 is 1.31 bits per heavy atom. The lowest BCUT2D eigenvalue weighted by Crippen LogP contribution is -2.18. The Bertz CT molecular complexity index is 412. The maximum Gasteiger partial charge on any atom is 0.396 e. The summed E-state index contributed by atoms with van der Waals surface area (Å²) in [6.45, 7) is 3.68. The summed E-state index contributed by atoms with van der Waals surface area (Å²) in [6, 6.07) is 9.37. The quantitative estimate of drug-likeness (QED) is 0.715. The van der Waals surface area contributed by atoms with E-state index < -0.39 is 12.2 Å². The molecule has 1 aliphatic rings. The minimum absolute atomic E-state index is 0.0591. The van der Waals surface area contributed by atoms with Crippen LogP contribution in [-0.4, -0.2) is 18.0 Å². The molecular formula is C12H13NO3. The average Bonchev–Trinajstić information content (AvgIpc) is 2.61. The maximum absolute atomic E-state index is 11.4. The van der Waals surface area contributed by atoms with Gasteiger partial charge in [-0.2, -0.15) is 4.99 Å². The number of hydrogen-bond acceptors (Lipinski definition) is 4. The summed E-state index contributed by atoms with van der Waals surface area (Å²) in [4.78, 5) is 15.5. The topological polar surface area (TPSA) is 47.9 Å². The molecule has 4 nitrogen and oxygen atoms in total. The van der Waals surface area contributed by atoms with Gasteiger partial charge in [-0.3, -0.25) is 0 Å². The van der Waals surface area contributed by atoms with Crippen LogP contribution in [0, 0.1) is 0 Å². The zero-order valence-corrected chi connectivity index (χ0v) is 9.21. The second-order valence-corrected chi connectivity index (χ2v) is 3.77. The molecule has 2 rings (SSSR count). The van der Waals surface area contributed by atoms with Gasteiger partial charge >= 0.3 is 11.9 Å². The van der Waals surface area contributed by atoms with Crippen LogP contribution in [0.5, 0.6) is 0 Å². The van der Waals surface area contributed by atoms with Crippen molar-refractivity contribution in [3.63, 3.8) is 0 Å². The lowest BCUT2D eigenvalue weighted by molar-refractivity contribution is -0.139. The third-order valence-electron chi connectivity index (χ3n) is 2.06. The first-order chi connectivity index (χ1) is 7.66. The first-order valence-corrected chi connectivity index (χ1v) is 5.17. The lowest BCUT2D eigenvalue weighted by Gasteiger charge is -2.05. The molecule has 84 valence electrons. The molecule has 0 amide bonds. The Labute approximate surface area is 93.9 Å². The van der Waals surface area contributed by atoms with Gasteiger partial charge in [0.05, 0.1) is 6.10 Å². The molecule has 0 bridgehead atoms. The Hall–Kier alpha value is -1.84. The van der Waals surface area contributed by atoms with Crippen molar-refractivity contribution >= 4 is 11.9 Å². The molecule has 0 aliphatic carbocycles. The predicted molar refractivity (Wildman–Crippen MR) is 58.9 cm³/mol. The monoisotopic (exact) mass is 219 g/mol. The number of rotatable bonds is 2. The van der Waals surface area contributed by atoms with Crippen LogP contribution in [0.2, 0.25) is 0 Å². The Morgan fingerprint density at radius 2 is 2.00 bits per heavy atom. The minimum Gasteiger partial charge on any atom is -0.470 e. The molecule has 16 heavy (non-hydrogen) atoms. The summed E-state index contributed by atoms with van der Waals surface area (Å²) < 4.78 is 10.3. The van der Waals surface area contributed by atoms with Crippen LogP contribution < -0.4 is 0 Å². The van der Waals surface area contributed by atoms with Crippen molar-refractivity contribution in [1.82, 2.24) is 0 Å². The van der Waals surface area contributed by atoms with E-state index in [-0.39, 0.29) is 12.0 Å². The summed E-state index contributed by atoms with van der Waals surface area (Å²) >= 11 is 0. The third-order valence-corrected chi connectivity index (χ3v) is 2.06. The molecule has 1 aromatic carbocycles. The van der Waals surface area contributed by atoms with E-state index in [1.165, 1.54) is 0 Å². The molecule has 0 spiro atoms. The van der Waals surface area contributed by atoms with Crippen LogP contribution in [0.25, 0.3) is 0 Å². The van der Waals surface area contributed by atoms with Crippen LogP contribution in [0.3, 0.4) is 0 Å². The largest absolute Gasteiger partial charge is 0.470 e. The van der Waals surface area contributed by atoms with Crippen molar-refractivity contribution in [1.29, 1.82) is 0 Å². The first-order valence-electron chi connectivity index (χ1n) is 5.17. The van der Waals surface area contributed by atoms with E-state index in [0.29, 0.717) is 0 Å². The fourth-order valence-corrected chi connectivity index (χ4v) is 1.40. The van der Waals surface area contributed by atoms with E-state index in [1.807, 2.05) is 44.2 Å². The van der Waals surface area contributed by atoms with E-state index in [0.717, 1.165) is 5.56 Å². The van der Waals surface area contributed by atoms with Crippen LogP contribution in [0.15, 0.2) is 35.3 Å². The van der Waals surface area contributed by atoms with Crippen LogP contribution >= 0.6 is 0 Å². The maximum atomic E-state index is 11.4. The second-order valence-electron chi connectivity index (χ2n) is 3.77. The highest BCUT2D eigenvalue weighted by atomic mass is 16.6. The minimum atomic E-state index is -0.567. The van der Waals surface area contributed by atoms with Gasteiger partial charge in [0.1, 0.15) is 0 Å². The number of benzene rings is 1. The Balaban J connectivity index is 2.16. The Morgan fingerprint density at radius 3 is 2.62 bits per heavy atom. The number of carbonyl (C=O) groups excluding carboxylic acids is 1. The molecular weight excluding hydrogens is 206 g/mol. The van der Waals surface area contributed by atoms with Gasteiger partial charge in [-0.05, 0) is 13.8 Å². The molecule has 0 saturated heterocycles. The number of nitrogens with zero attached hydrogens (tertiary/aromatic N) is 1. The van der Waals surface area contributed by atoms with Gasteiger partial charge in [0.2, 0.25) is 6.23 Å². The normalized spacial score (nSPS) is 19.6. The molecule has 1 unspecified atom stereocenters. The zero-order chi connectivity index (χ0) is 11.5. The molecule has 1 aromatic rings. The molecule has 0 saturated carbocycles. The van der Waals surface area contributed by atoms with E-state index in [2.05, 4.69) is 4.99 Å². The highest BCUT2D eigenvalue weighted by Crippen LogP contribution is 2.24. The molecule has 0 N–H and O–H groups in total. The molecule has 1 heterocycles. The first kappa shape index (κ1) is 10.7. The molecule has 1 aliphatic heterocycles. The smallest absolute Gasteiger partial charge is 0.396 e. The number of ether oxygens (including phenoxy) is 2. The fourth-order valence-electron chi connectivity index (χ4n) is 1.40. The summed E-state index contributed by atoms with van der Waals surface area (Å²) in [6.07, 6.45) is -0.650. The van der Waals surface area contributed by atoms with Gasteiger partial charge in [-0.25, -0.2) is 4.79 Å². The van der Waals surface area contributed by atoms with Crippen LogP contribution in [0.1, 0.15) is 25.6 Å². The number of esters is 1. The lowest BCUT2D eigenvalue weighted by atomic mass is 10.2. The number of hydrogen-bond donors (Lipinski definition) is 0. The molecule has 0 aromatic heterocycles. The van der Waals surface area contributed by atoms with Gasteiger partial charge in [-0.15, -0.1) is 0 Å². The summed E-state index contributed by atoms with van der Waals surface area (Å²) in [5.41, 5.74) is 0.846. The molecule has 0 radical (unpaired) electrons. The Kier molecular flexibility index (Phi) is 2.90. The molecule has 1 atom stereocenters. The van der Waals surface area contributed by atoms with Crippen molar-refractivity contribution in [2.75, 3.05) is 0 Å². The third kappa shape index (κ3) is 2.21. The van der Waals surface area contributed by atoms with Crippen molar-refractivity contribution in [3.05, 3.63) is 35.9 Å². The van der Waals surface area contributed by atoms with E-state index >= 15 is 0 Å². The van der Waals surface area contributed by atoms with E-state index in [9.17, 15) is 4.79 Å². The van der Waals surface area contributed by atoms with Crippen molar-refractivity contribution in [3.8, 4) is 0 Å². The van der Waals surface area contributed by atoms with Crippen LogP contribution in [-0.2, 0) is 14.3 Å². The van der Waals surface area contributed by atoms with Gasteiger partial charge in [0.15, 0.2) is 0 Å². The molecule has 0 fully saturated rings. The average molecular weight is 219 g/mol. The van der Waals surface area contributed by atoms with Crippen molar-refractivity contribution in [2.45, 2.75) is 26.2 Å². The van der Waals surface area contributed by atoms with Crippen LogP contribution in [0.4, 0.5) is 0 Å². The van der Waals surface area contributed by atoms with E-state index in [4.69, 9.17) is 9.47 Å². The second kappa shape index (κ2) is 4.35. The standard InChI is InChI=1S/C12H13NO3/c1-8(2)15-11-12(14)16-10(13-11)9-6-4-3-5-7-9/h3-8,10H,1-2H3. The number of aliphatic imine (C=N–C) groups is 1. The number of cyclic esters (lactones) is 1. The van der Waals surface area contributed by atoms with Gasteiger partial charge in [0.25, 0.3) is 0 Å². The van der Waals surface area contributed by atoms with Gasteiger partial charge in [0, 0.05) is 5.56 Å². The zero-order valence-electron chi connectivity index (χ0n) is 9.21. The molecule has 4 heteroatoms. The highest BCUT2D eigenvalue weighted by molar-refractivity contribution is 6.33. The summed E-state index contributed by atoms with van der Waals surface area (Å²) in [7, 11) is 0.